The number of rotatable bonds is 3. The molecule has 0 bridgehead atoms. The van der Waals surface area contributed by atoms with Gasteiger partial charge in [0.15, 0.2) is 0 Å². The van der Waals surface area contributed by atoms with E-state index in [9.17, 15) is 4.79 Å². The first-order chi connectivity index (χ1) is 7.83. The lowest BCUT2D eigenvalue weighted by Gasteiger charge is -2.20. The van der Waals surface area contributed by atoms with E-state index in [1.807, 2.05) is 29.2 Å². The zero-order valence-electron chi connectivity index (χ0n) is 9.35. The first kappa shape index (κ1) is 11.1. The summed E-state index contributed by atoms with van der Waals surface area (Å²) in [5, 5.41) is 8.81. The lowest BCUT2D eigenvalue weighted by molar-refractivity contribution is 0.0750. The summed E-state index contributed by atoms with van der Waals surface area (Å²) >= 11 is 0. The number of hydrogen-bond acceptors (Lipinski definition) is 2. The Morgan fingerprint density at radius 2 is 2.12 bits per heavy atom. The highest BCUT2D eigenvalue weighted by molar-refractivity contribution is 5.96. The van der Waals surface area contributed by atoms with Crippen LogP contribution in [0, 0.1) is 0 Å². The van der Waals surface area contributed by atoms with Crippen molar-refractivity contribution in [2.24, 2.45) is 0 Å². The van der Waals surface area contributed by atoms with E-state index in [4.69, 9.17) is 5.11 Å². The van der Waals surface area contributed by atoms with Crippen molar-refractivity contribution in [3.63, 3.8) is 0 Å². The van der Waals surface area contributed by atoms with Gasteiger partial charge in [-0.05, 0) is 30.9 Å². The molecular formula is C13H17NO2. The molecule has 2 rings (SSSR count). The van der Waals surface area contributed by atoms with Crippen LogP contribution in [0.3, 0.4) is 0 Å². The smallest absolute Gasteiger partial charge is 0.254 e. The van der Waals surface area contributed by atoms with Crippen LogP contribution in [0.2, 0.25) is 0 Å². The minimum atomic E-state index is 0.113. The maximum absolute atomic E-state index is 12.2. The van der Waals surface area contributed by atoms with Crippen LogP contribution in [0.5, 0.6) is 0 Å². The van der Waals surface area contributed by atoms with Gasteiger partial charge in [-0.25, -0.2) is 0 Å². The molecule has 1 aromatic rings. The summed E-state index contributed by atoms with van der Waals surface area (Å²) in [6.07, 6.45) is 2.64. The maximum Gasteiger partial charge on any atom is 0.254 e. The fraction of sp³-hybridized carbons (Fsp3) is 0.462. The van der Waals surface area contributed by atoms with Crippen molar-refractivity contribution in [1.29, 1.82) is 0 Å². The zero-order chi connectivity index (χ0) is 11.4. The molecule has 0 unspecified atom stereocenters. The van der Waals surface area contributed by atoms with Gasteiger partial charge in [-0.1, -0.05) is 18.2 Å². The van der Waals surface area contributed by atoms with E-state index in [0.717, 1.165) is 30.5 Å². The van der Waals surface area contributed by atoms with Crippen molar-refractivity contribution in [2.45, 2.75) is 19.3 Å². The molecule has 0 fully saturated rings. The Morgan fingerprint density at radius 3 is 2.94 bits per heavy atom. The zero-order valence-corrected chi connectivity index (χ0v) is 9.35. The van der Waals surface area contributed by atoms with Crippen LogP contribution in [-0.2, 0) is 6.42 Å². The van der Waals surface area contributed by atoms with Crippen molar-refractivity contribution >= 4 is 5.91 Å². The van der Waals surface area contributed by atoms with Crippen LogP contribution in [-0.4, -0.2) is 35.6 Å². The van der Waals surface area contributed by atoms with E-state index in [2.05, 4.69) is 0 Å². The molecule has 0 saturated heterocycles. The lowest BCUT2D eigenvalue weighted by atomic mass is 10.0. The van der Waals surface area contributed by atoms with Crippen LogP contribution in [0.15, 0.2) is 24.3 Å². The van der Waals surface area contributed by atoms with Gasteiger partial charge in [0.2, 0.25) is 0 Å². The number of carbonyl (C=O) groups is 1. The van der Waals surface area contributed by atoms with Crippen molar-refractivity contribution in [3.8, 4) is 0 Å². The van der Waals surface area contributed by atoms with Gasteiger partial charge in [0.25, 0.3) is 5.91 Å². The monoisotopic (exact) mass is 219 g/mol. The first-order valence-electron chi connectivity index (χ1n) is 5.81. The summed E-state index contributed by atoms with van der Waals surface area (Å²) in [5.41, 5.74) is 1.98. The van der Waals surface area contributed by atoms with Gasteiger partial charge in [0, 0.05) is 25.3 Å². The number of amides is 1. The van der Waals surface area contributed by atoms with E-state index >= 15 is 0 Å². The highest BCUT2D eigenvalue weighted by Crippen LogP contribution is 2.18. The largest absolute Gasteiger partial charge is 0.396 e. The molecule has 1 aromatic carbocycles. The standard InChI is InChI=1S/C13H17NO2/c15-10-4-9-14-8-3-6-11-5-1-2-7-12(11)13(14)16/h1-2,5,7,15H,3-4,6,8-10H2. The number of aryl methyl sites for hydroxylation is 1. The second kappa shape index (κ2) is 5.12. The first-order valence-corrected chi connectivity index (χ1v) is 5.81. The second-order valence-corrected chi connectivity index (χ2v) is 4.13. The predicted octanol–water partition coefficient (Wildman–Crippen LogP) is 1.46. The van der Waals surface area contributed by atoms with Gasteiger partial charge >= 0.3 is 0 Å². The van der Waals surface area contributed by atoms with E-state index in [0.29, 0.717) is 13.0 Å². The third-order valence-corrected chi connectivity index (χ3v) is 3.00. The molecule has 1 N–H and O–H groups in total. The number of nitrogens with zero attached hydrogens (tertiary/aromatic N) is 1. The van der Waals surface area contributed by atoms with Crippen LogP contribution in [0.1, 0.15) is 28.8 Å². The number of hydrogen-bond donors (Lipinski definition) is 1. The third-order valence-electron chi connectivity index (χ3n) is 3.00. The number of benzene rings is 1. The van der Waals surface area contributed by atoms with E-state index in [-0.39, 0.29) is 12.5 Å². The van der Waals surface area contributed by atoms with Crippen molar-refractivity contribution in [2.75, 3.05) is 19.7 Å². The molecule has 3 heteroatoms. The summed E-state index contributed by atoms with van der Waals surface area (Å²) in [6, 6.07) is 7.82. The topological polar surface area (TPSA) is 40.5 Å². The highest BCUT2D eigenvalue weighted by atomic mass is 16.3. The molecule has 86 valence electrons. The Labute approximate surface area is 95.7 Å². The Hall–Kier alpha value is -1.35. The summed E-state index contributed by atoms with van der Waals surface area (Å²) in [7, 11) is 0. The average molecular weight is 219 g/mol. The summed E-state index contributed by atoms with van der Waals surface area (Å²) < 4.78 is 0. The van der Waals surface area contributed by atoms with Gasteiger partial charge in [0.1, 0.15) is 0 Å². The molecule has 1 aliphatic rings. The normalized spacial score (nSPS) is 15.8. The van der Waals surface area contributed by atoms with Gasteiger partial charge in [-0.15, -0.1) is 0 Å². The van der Waals surface area contributed by atoms with Crippen LogP contribution in [0.4, 0.5) is 0 Å². The molecule has 0 radical (unpaired) electrons. The second-order valence-electron chi connectivity index (χ2n) is 4.13. The Bertz CT molecular complexity index is 374. The number of fused-ring (bicyclic) bond motifs is 1. The van der Waals surface area contributed by atoms with Gasteiger partial charge in [0.05, 0.1) is 0 Å². The fourth-order valence-corrected chi connectivity index (χ4v) is 2.15. The number of aliphatic hydroxyl groups excluding tert-OH is 1. The summed E-state index contributed by atoms with van der Waals surface area (Å²) in [5.74, 6) is 0.113. The Morgan fingerprint density at radius 1 is 1.31 bits per heavy atom. The number of carbonyl (C=O) groups excluding carboxylic acids is 1. The molecule has 0 atom stereocenters. The van der Waals surface area contributed by atoms with E-state index in [1.54, 1.807) is 0 Å². The molecule has 3 nitrogen and oxygen atoms in total. The fourth-order valence-electron chi connectivity index (χ4n) is 2.15. The van der Waals surface area contributed by atoms with Gasteiger partial charge in [-0.3, -0.25) is 4.79 Å². The highest BCUT2D eigenvalue weighted by Gasteiger charge is 2.20. The van der Waals surface area contributed by atoms with E-state index < -0.39 is 0 Å². The quantitative estimate of drug-likeness (QED) is 0.836. The van der Waals surface area contributed by atoms with Gasteiger partial charge < -0.3 is 10.0 Å². The maximum atomic E-state index is 12.2. The van der Waals surface area contributed by atoms with Crippen molar-refractivity contribution in [3.05, 3.63) is 35.4 Å². The molecule has 0 aromatic heterocycles. The van der Waals surface area contributed by atoms with Gasteiger partial charge in [-0.2, -0.15) is 0 Å². The third kappa shape index (κ3) is 2.25. The molecule has 0 spiro atoms. The molecule has 0 saturated carbocycles. The predicted molar refractivity (Wildman–Crippen MR) is 62.4 cm³/mol. The van der Waals surface area contributed by atoms with Crippen LogP contribution < -0.4 is 0 Å². The average Bonchev–Trinajstić information content (AvgIpc) is 2.47. The molecule has 16 heavy (non-hydrogen) atoms. The Kier molecular flexibility index (Phi) is 3.57. The minimum Gasteiger partial charge on any atom is -0.396 e. The molecule has 1 amide bonds. The number of aliphatic hydroxyl groups is 1. The minimum absolute atomic E-state index is 0.113. The molecular weight excluding hydrogens is 202 g/mol. The SMILES string of the molecule is O=C1c2ccccc2CCCN1CCCO. The molecule has 0 aliphatic carbocycles. The molecule has 1 heterocycles. The van der Waals surface area contributed by atoms with E-state index in [1.165, 1.54) is 0 Å². The van der Waals surface area contributed by atoms with Crippen LogP contribution >= 0.6 is 0 Å². The summed E-state index contributed by atoms with van der Waals surface area (Å²) in [4.78, 5) is 14.0. The lowest BCUT2D eigenvalue weighted by Crippen LogP contribution is -2.32. The van der Waals surface area contributed by atoms with Crippen molar-refractivity contribution in [1.82, 2.24) is 4.90 Å². The molecule has 1 aliphatic heterocycles. The van der Waals surface area contributed by atoms with Crippen LogP contribution in [0.25, 0.3) is 0 Å². The van der Waals surface area contributed by atoms with Crippen molar-refractivity contribution < 1.29 is 9.90 Å². The Balaban J connectivity index is 2.20. The summed E-state index contributed by atoms with van der Waals surface area (Å²) in [6.45, 7) is 1.60.